The van der Waals surface area contributed by atoms with Crippen LogP contribution in [0.5, 0.6) is 5.75 Å². The van der Waals surface area contributed by atoms with Crippen LogP contribution in [0.2, 0.25) is 0 Å². The van der Waals surface area contributed by atoms with Crippen LogP contribution in [0.25, 0.3) is 0 Å². The molecule has 2 bridgehead atoms. The molecular weight excluding hydrogens is 739 g/mol. The van der Waals surface area contributed by atoms with Crippen LogP contribution in [-0.4, -0.2) is 139 Å². The van der Waals surface area contributed by atoms with Gasteiger partial charge >= 0.3 is 0 Å². The smallest absolute Gasteiger partial charge is 0.251 e. The molecule has 13 heteroatoms. The van der Waals surface area contributed by atoms with E-state index >= 15 is 0 Å². The van der Waals surface area contributed by atoms with E-state index in [2.05, 4.69) is 50.2 Å². The van der Waals surface area contributed by atoms with Crippen molar-refractivity contribution >= 4 is 11.8 Å². The summed E-state index contributed by atoms with van der Waals surface area (Å²) in [5.41, 5.74) is 3.41. The largest absolute Gasteiger partial charge is 0.496 e. The molecule has 5 fully saturated rings. The van der Waals surface area contributed by atoms with Crippen molar-refractivity contribution in [1.29, 1.82) is 0 Å². The number of nitrogens with zero attached hydrogens (tertiary/aromatic N) is 3. The summed E-state index contributed by atoms with van der Waals surface area (Å²) in [6.45, 7) is 17.0. The van der Waals surface area contributed by atoms with E-state index < -0.39 is 24.2 Å². The Kier molecular flexibility index (Phi) is 14.7. The van der Waals surface area contributed by atoms with Gasteiger partial charge in [-0.05, 0) is 67.8 Å². The van der Waals surface area contributed by atoms with Crippen LogP contribution in [0.1, 0.15) is 84.3 Å². The van der Waals surface area contributed by atoms with Crippen LogP contribution in [0.15, 0.2) is 41.6 Å². The first-order valence-electron chi connectivity index (χ1n) is 21.7. The van der Waals surface area contributed by atoms with Crippen LogP contribution in [-0.2, 0) is 25.7 Å². The van der Waals surface area contributed by atoms with Gasteiger partial charge in [0, 0.05) is 79.5 Å². The minimum atomic E-state index is -0.908. The molecule has 10 atom stereocenters. The highest BCUT2D eigenvalue weighted by Gasteiger charge is 2.57. The molecule has 13 nitrogen and oxygen atoms in total. The van der Waals surface area contributed by atoms with E-state index in [1.54, 1.807) is 19.1 Å². The lowest BCUT2D eigenvalue weighted by Crippen LogP contribution is -2.62. The zero-order valence-electron chi connectivity index (χ0n) is 36.2. The van der Waals surface area contributed by atoms with Crippen molar-refractivity contribution < 1.29 is 39.2 Å². The van der Waals surface area contributed by atoms with Crippen molar-refractivity contribution in [3.8, 4) is 5.75 Å². The number of carbonyl (C=O) groups excluding carboxylic acids is 2. The number of hydroxylamine groups is 2. The molecule has 0 radical (unpaired) electrons. The Morgan fingerprint density at radius 3 is 2.48 bits per heavy atom. The number of ether oxygens (including phenoxy) is 2. The topological polar surface area (TPSA) is 156 Å². The zero-order valence-corrected chi connectivity index (χ0v) is 36.2. The molecule has 5 N–H and O–H groups in total. The van der Waals surface area contributed by atoms with Gasteiger partial charge in [0.15, 0.2) is 0 Å². The highest BCUT2D eigenvalue weighted by atomic mass is 16.7. The quantitative estimate of drug-likeness (QED) is 0.157. The number of methoxy groups -OCH3 is 1. The van der Waals surface area contributed by atoms with Gasteiger partial charge < -0.3 is 40.3 Å². The molecule has 3 saturated carbocycles. The number of carbonyl (C=O) groups is 2. The predicted octanol–water partition coefficient (Wildman–Crippen LogP) is 3.44. The second kappa shape index (κ2) is 19.1. The van der Waals surface area contributed by atoms with E-state index in [9.17, 15) is 24.9 Å². The summed E-state index contributed by atoms with van der Waals surface area (Å²) >= 11 is 0. The van der Waals surface area contributed by atoms with Crippen molar-refractivity contribution in [1.82, 2.24) is 25.5 Å². The van der Waals surface area contributed by atoms with E-state index in [-0.39, 0.29) is 55.0 Å². The third kappa shape index (κ3) is 9.61. The Morgan fingerprint density at radius 1 is 1.12 bits per heavy atom. The fourth-order valence-corrected chi connectivity index (χ4v) is 10.7. The maximum atomic E-state index is 14.3. The number of hydrogen-bond acceptors (Lipinski definition) is 11. The number of fused-ring (bicyclic) bond motifs is 2. The van der Waals surface area contributed by atoms with Crippen molar-refractivity contribution in [3.63, 3.8) is 0 Å². The summed E-state index contributed by atoms with van der Waals surface area (Å²) in [5, 5.41) is 39.6. The number of aliphatic hydroxyl groups excluding tert-OH is 3. The van der Waals surface area contributed by atoms with Crippen molar-refractivity contribution in [3.05, 3.63) is 52.7 Å². The first-order chi connectivity index (χ1) is 27.7. The predicted molar refractivity (Wildman–Crippen MR) is 222 cm³/mol. The number of allylic oxidation sites excluding steroid dienone is 2. The summed E-state index contributed by atoms with van der Waals surface area (Å²) < 4.78 is 11.7. The molecule has 7 rings (SSSR count). The Morgan fingerprint density at radius 2 is 1.86 bits per heavy atom. The van der Waals surface area contributed by atoms with E-state index in [4.69, 9.17) is 14.3 Å². The minimum Gasteiger partial charge on any atom is -0.496 e. The van der Waals surface area contributed by atoms with Crippen molar-refractivity contribution in [2.24, 2.45) is 35.0 Å². The summed E-state index contributed by atoms with van der Waals surface area (Å²) in [6.07, 6.45) is 5.83. The van der Waals surface area contributed by atoms with E-state index in [0.717, 1.165) is 49.3 Å². The number of morpholine rings is 1. The second-order valence-electron chi connectivity index (χ2n) is 18.7. The highest BCUT2D eigenvalue weighted by Crippen LogP contribution is 2.61. The lowest BCUT2D eigenvalue weighted by Gasteiger charge is -2.62. The standard InChI is InChI=1S/C45H71N5O8/c1-27(2)18-34(25-49-13-16-57-17-14-49)46-43(54)32-19-31(20-35(21-32)48(7)12-15-51)36-11-9-10-30(42(36)56-8)24-50-41(40(29(4)53)39(26-52)58-50)44(55)47-38-23-33-22-37(28(38)3)45(33,5)6/h9-11,19,21,27-29,31,33-34,37-41,51-53H,12-18,20,22-26H2,1-8H3,(H,46,54)(H,47,55)/t28-,29-,31?,33+,34-,37-,38-,39-,40+,41-/m0/s1. The van der Waals surface area contributed by atoms with Gasteiger partial charge in [-0.25, -0.2) is 0 Å². The fraction of sp³-hybridized carbons (Fsp3) is 0.733. The molecule has 1 aromatic carbocycles. The average Bonchev–Trinajstić information content (AvgIpc) is 3.57. The van der Waals surface area contributed by atoms with Crippen molar-refractivity contribution in [2.45, 2.75) is 110 Å². The summed E-state index contributed by atoms with van der Waals surface area (Å²) in [7, 11) is 3.55. The number of aliphatic hydroxyl groups is 3. The number of benzene rings is 1. The molecule has 2 saturated heterocycles. The van der Waals surface area contributed by atoms with Gasteiger partial charge in [0.2, 0.25) is 5.91 Å². The number of amides is 2. The maximum Gasteiger partial charge on any atom is 0.251 e. The molecule has 0 spiro atoms. The van der Waals surface area contributed by atoms with Gasteiger partial charge in [0.05, 0.1) is 46.2 Å². The molecule has 2 heterocycles. The Balaban J connectivity index is 1.26. The lowest BCUT2D eigenvalue weighted by molar-refractivity contribution is -0.183. The third-order valence-electron chi connectivity index (χ3n) is 14.1. The average molecular weight is 810 g/mol. The Labute approximate surface area is 346 Å². The summed E-state index contributed by atoms with van der Waals surface area (Å²) in [6, 6.07) is 5.06. The van der Waals surface area contributed by atoms with Crippen LogP contribution in [0.3, 0.4) is 0 Å². The molecule has 324 valence electrons. The number of nitrogens with one attached hydrogen (secondary N) is 2. The second-order valence-corrected chi connectivity index (χ2v) is 18.7. The molecule has 0 aromatic heterocycles. The van der Waals surface area contributed by atoms with E-state index in [1.807, 2.05) is 42.3 Å². The minimum absolute atomic E-state index is 0.0236. The van der Waals surface area contributed by atoms with Crippen LogP contribution in [0, 0.1) is 35.0 Å². The molecule has 1 unspecified atom stereocenters. The summed E-state index contributed by atoms with van der Waals surface area (Å²) in [4.78, 5) is 39.2. The van der Waals surface area contributed by atoms with E-state index in [1.165, 1.54) is 6.42 Å². The number of para-hydroxylation sites is 1. The van der Waals surface area contributed by atoms with Crippen LogP contribution >= 0.6 is 0 Å². The first kappa shape index (κ1) is 44.5. The molecule has 58 heavy (non-hydrogen) atoms. The van der Waals surface area contributed by atoms with Crippen LogP contribution < -0.4 is 15.4 Å². The number of likely N-dealkylation sites (N-methyl/N-ethyl adjacent to an activating group) is 1. The summed E-state index contributed by atoms with van der Waals surface area (Å²) in [5.74, 6) is 1.23. The molecule has 4 aliphatic carbocycles. The van der Waals surface area contributed by atoms with Gasteiger partial charge in [-0.2, -0.15) is 5.06 Å². The van der Waals surface area contributed by atoms with Gasteiger partial charge in [-0.1, -0.05) is 58.9 Å². The first-order valence-corrected chi connectivity index (χ1v) is 21.7. The monoisotopic (exact) mass is 810 g/mol. The van der Waals surface area contributed by atoms with Gasteiger partial charge in [0.1, 0.15) is 17.9 Å². The molecule has 2 amide bonds. The normalized spacial score (nSPS) is 30.8. The van der Waals surface area contributed by atoms with Gasteiger partial charge in [-0.3, -0.25) is 19.3 Å². The highest BCUT2D eigenvalue weighted by molar-refractivity contribution is 5.97. The molecule has 2 aliphatic heterocycles. The molecular formula is C45H71N5O8. The maximum absolute atomic E-state index is 14.3. The third-order valence-corrected chi connectivity index (χ3v) is 14.1. The number of hydrogen-bond donors (Lipinski definition) is 5. The SMILES string of the molecule is COc1c(CN2O[C@@H](CO)[C@@H]([C@H](C)O)[C@H]2C(=O)N[C@H]2C[C@H]3C[C@@H]([C@@H]2C)C3(C)C)cccc1C1C=C(C(=O)N[C@@H](CC(C)C)CN2CCOCC2)C=C(N(C)CCO)C1. The van der Waals surface area contributed by atoms with Crippen LogP contribution in [0.4, 0.5) is 0 Å². The van der Waals surface area contributed by atoms with Gasteiger partial charge in [0.25, 0.3) is 5.91 Å². The van der Waals surface area contributed by atoms with Gasteiger partial charge in [-0.15, -0.1) is 0 Å². The fourth-order valence-electron chi connectivity index (χ4n) is 10.7. The van der Waals surface area contributed by atoms with E-state index in [0.29, 0.717) is 61.2 Å². The molecule has 1 aromatic rings. The Hall–Kier alpha value is -3.04. The lowest BCUT2D eigenvalue weighted by atomic mass is 9.45. The van der Waals surface area contributed by atoms with Crippen molar-refractivity contribution in [2.75, 3.05) is 66.8 Å². The Bertz CT molecular complexity index is 1640. The molecule has 6 aliphatic rings. The zero-order chi connectivity index (χ0) is 41.9. The number of rotatable bonds is 17.